The van der Waals surface area contributed by atoms with E-state index in [1.54, 1.807) is 6.20 Å². The van der Waals surface area contributed by atoms with Gasteiger partial charge in [0, 0.05) is 18.4 Å². The van der Waals surface area contributed by atoms with Crippen molar-refractivity contribution in [2.24, 2.45) is 11.1 Å². The Morgan fingerprint density at radius 1 is 1.65 bits per heavy atom. The van der Waals surface area contributed by atoms with E-state index in [2.05, 4.69) is 10.3 Å². The number of aryl methyl sites for hydroxylation is 1. The molecule has 3 N–H and O–H groups in total. The van der Waals surface area contributed by atoms with Crippen molar-refractivity contribution in [3.63, 3.8) is 0 Å². The van der Waals surface area contributed by atoms with Crippen LogP contribution in [0.2, 0.25) is 0 Å². The third-order valence-corrected chi connectivity index (χ3v) is 4.30. The lowest BCUT2D eigenvalue weighted by Crippen LogP contribution is -2.75. The van der Waals surface area contributed by atoms with E-state index in [4.69, 9.17) is 14.9 Å². The van der Waals surface area contributed by atoms with Crippen molar-refractivity contribution in [1.82, 2.24) is 10.3 Å². The predicted octanol–water partition coefficient (Wildman–Crippen LogP) is 1.13. The van der Waals surface area contributed by atoms with Gasteiger partial charge < -0.3 is 20.2 Å². The van der Waals surface area contributed by atoms with Gasteiger partial charge in [-0.25, -0.2) is 4.98 Å². The molecule has 0 bridgehead atoms. The van der Waals surface area contributed by atoms with Crippen LogP contribution >= 0.6 is 0 Å². The molecule has 1 heterocycles. The number of nitrogens with two attached hydrogens (primary N) is 1. The van der Waals surface area contributed by atoms with E-state index in [1.807, 2.05) is 27.7 Å². The van der Waals surface area contributed by atoms with Crippen LogP contribution in [0.25, 0.3) is 0 Å². The number of carbonyl (C=O) groups excluding carboxylic acids is 1. The number of hydrogen-bond acceptors (Lipinski definition) is 5. The number of aromatic nitrogens is 1. The number of nitrogens with one attached hydrogen (secondary N) is 1. The SMILES string of the molecule is CCOC1CC(N)(C(=O)NCc2ncc(C)o2)C1(C)C. The first-order valence-corrected chi connectivity index (χ1v) is 6.91. The fourth-order valence-electron chi connectivity index (χ4n) is 2.62. The largest absolute Gasteiger partial charge is 0.444 e. The van der Waals surface area contributed by atoms with Crippen molar-refractivity contribution in [2.75, 3.05) is 6.61 Å². The minimum Gasteiger partial charge on any atom is -0.444 e. The second-order valence-corrected chi connectivity index (χ2v) is 5.89. The molecule has 0 aromatic carbocycles. The maximum Gasteiger partial charge on any atom is 0.241 e. The molecule has 1 aliphatic rings. The number of ether oxygens (including phenoxy) is 1. The van der Waals surface area contributed by atoms with Crippen LogP contribution in [0.4, 0.5) is 0 Å². The first-order chi connectivity index (χ1) is 9.31. The Hall–Kier alpha value is -1.40. The Kier molecular flexibility index (Phi) is 3.88. The van der Waals surface area contributed by atoms with Crippen molar-refractivity contribution in [1.29, 1.82) is 0 Å². The Morgan fingerprint density at radius 3 is 2.85 bits per heavy atom. The molecule has 0 saturated heterocycles. The lowest BCUT2D eigenvalue weighted by atomic mass is 9.54. The molecule has 6 heteroatoms. The second kappa shape index (κ2) is 5.18. The smallest absolute Gasteiger partial charge is 0.241 e. The summed E-state index contributed by atoms with van der Waals surface area (Å²) in [5.41, 5.74) is 4.97. The van der Waals surface area contributed by atoms with Crippen LogP contribution in [0.15, 0.2) is 10.6 Å². The fraction of sp³-hybridized carbons (Fsp3) is 0.714. The summed E-state index contributed by atoms with van der Waals surface area (Å²) in [7, 11) is 0. The molecule has 0 spiro atoms. The van der Waals surface area contributed by atoms with Gasteiger partial charge in [0.1, 0.15) is 11.3 Å². The first-order valence-electron chi connectivity index (χ1n) is 6.91. The van der Waals surface area contributed by atoms with Crippen molar-refractivity contribution >= 4 is 5.91 Å². The molecule has 1 aromatic heterocycles. The quantitative estimate of drug-likeness (QED) is 0.844. The molecular weight excluding hydrogens is 258 g/mol. The van der Waals surface area contributed by atoms with Gasteiger partial charge in [0.25, 0.3) is 0 Å². The highest BCUT2D eigenvalue weighted by atomic mass is 16.5. The third-order valence-electron chi connectivity index (χ3n) is 4.30. The average Bonchev–Trinajstić information content (AvgIpc) is 2.81. The van der Waals surface area contributed by atoms with Crippen molar-refractivity contribution < 1.29 is 13.9 Å². The van der Waals surface area contributed by atoms with Gasteiger partial charge in [0.15, 0.2) is 0 Å². The molecule has 1 saturated carbocycles. The molecule has 2 atom stereocenters. The Morgan fingerprint density at radius 2 is 2.35 bits per heavy atom. The highest BCUT2D eigenvalue weighted by Crippen LogP contribution is 2.49. The summed E-state index contributed by atoms with van der Waals surface area (Å²) >= 11 is 0. The van der Waals surface area contributed by atoms with E-state index < -0.39 is 5.54 Å². The monoisotopic (exact) mass is 281 g/mol. The van der Waals surface area contributed by atoms with Crippen LogP contribution in [0.5, 0.6) is 0 Å². The normalized spacial score (nSPS) is 27.9. The zero-order chi connectivity index (χ0) is 15.0. The number of amides is 1. The maximum atomic E-state index is 12.3. The molecule has 0 radical (unpaired) electrons. The predicted molar refractivity (Wildman–Crippen MR) is 73.8 cm³/mol. The molecule has 6 nitrogen and oxygen atoms in total. The molecule has 20 heavy (non-hydrogen) atoms. The lowest BCUT2D eigenvalue weighted by Gasteiger charge is -2.57. The van der Waals surface area contributed by atoms with Crippen LogP contribution in [-0.2, 0) is 16.1 Å². The van der Waals surface area contributed by atoms with Crippen LogP contribution in [-0.4, -0.2) is 29.1 Å². The minimum absolute atomic E-state index is 0.0206. The Balaban J connectivity index is 1.95. The van der Waals surface area contributed by atoms with Crippen LogP contribution in [0, 0.1) is 12.3 Å². The topological polar surface area (TPSA) is 90.4 Å². The molecular formula is C14H23N3O3. The highest BCUT2D eigenvalue weighted by Gasteiger charge is 2.62. The van der Waals surface area contributed by atoms with E-state index in [0.29, 0.717) is 18.9 Å². The van der Waals surface area contributed by atoms with Gasteiger partial charge in [-0.3, -0.25) is 4.79 Å². The highest BCUT2D eigenvalue weighted by molar-refractivity contribution is 5.88. The van der Waals surface area contributed by atoms with Gasteiger partial charge in [-0.1, -0.05) is 13.8 Å². The number of oxazole rings is 1. The molecule has 1 aromatic rings. The van der Waals surface area contributed by atoms with E-state index in [9.17, 15) is 4.79 Å². The summed E-state index contributed by atoms with van der Waals surface area (Å²) in [5, 5.41) is 2.80. The minimum atomic E-state index is -0.908. The van der Waals surface area contributed by atoms with E-state index >= 15 is 0 Å². The van der Waals surface area contributed by atoms with Crippen molar-refractivity contribution in [2.45, 2.75) is 52.3 Å². The molecule has 1 fully saturated rings. The van der Waals surface area contributed by atoms with Crippen molar-refractivity contribution in [3.8, 4) is 0 Å². The third kappa shape index (κ3) is 2.33. The number of rotatable bonds is 5. The van der Waals surface area contributed by atoms with E-state index in [-0.39, 0.29) is 24.0 Å². The van der Waals surface area contributed by atoms with Crippen LogP contribution in [0.3, 0.4) is 0 Å². The standard InChI is InChI=1S/C14H23N3O3/c1-5-19-10-6-14(15,13(10,3)4)12(18)17-8-11-16-7-9(2)20-11/h7,10H,5-6,8,15H2,1-4H3,(H,17,18). The number of hydrogen-bond donors (Lipinski definition) is 2. The zero-order valence-electron chi connectivity index (χ0n) is 12.5. The Labute approximate surface area is 119 Å². The van der Waals surface area contributed by atoms with Crippen LogP contribution in [0.1, 0.15) is 38.8 Å². The summed E-state index contributed by atoms with van der Waals surface area (Å²) in [5.74, 6) is 1.02. The average molecular weight is 281 g/mol. The summed E-state index contributed by atoms with van der Waals surface area (Å²) < 4.78 is 10.9. The van der Waals surface area contributed by atoms with Gasteiger partial charge in [-0.15, -0.1) is 0 Å². The second-order valence-electron chi connectivity index (χ2n) is 5.89. The first kappa shape index (κ1) is 15.0. The van der Waals surface area contributed by atoms with Gasteiger partial charge in [0.2, 0.25) is 11.8 Å². The number of carbonyl (C=O) groups is 1. The van der Waals surface area contributed by atoms with Gasteiger partial charge in [-0.2, -0.15) is 0 Å². The van der Waals surface area contributed by atoms with E-state index in [0.717, 1.165) is 5.76 Å². The summed E-state index contributed by atoms with van der Waals surface area (Å²) in [4.78, 5) is 16.4. The van der Waals surface area contributed by atoms with Gasteiger partial charge in [0.05, 0.1) is 18.8 Å². The molecule has 0 aliphatic heterocycles. The summed E-state index contributed by atoms with van der Waals surface area (Å²) in [6.45, 7) is 8.56. The zero-order valence-corrected chi connectivity index (χ0v) is 12.5. The molecule has 2 unspecified atom stereocenters. The summed E-state index contributed by atoms with van der Waals surface area (Å²) in [6.07, 6.45) is 2.18. The molecule has 1 aliphatic carbocycles. The van der Waals surface area contributed by atoms with Crippen molar-refractivity contribution in [3.05, 3.63) is 17.8 Å². The van der Waals surface area contributed by atoms with Gasteiger partial charge >= 0.3 is 0 Å². The fourth-order valence-corrected chi connectivity index (χ4v) is 2.62. The molecule has 1 amide bonds. The van der Waals surface area contributed by atoms with E-state index in [1.165, 1.54) is 0 Å². The summed E-state index contributed by atoms with van der Waals surface area (Å²) in [6, 6.07) is 0. The van der Waals surface area contributed by atoms with Crippen LogP contribution < -0.4 is 11.1 Å². The lowest BCUT2D eigenvalue weighted by molar-refractivity contribution is -0.170. The molecule has 2 rings (SSSR count). The maximum absolute atomic E-state index is 12.3. The molecule has 112 valence electrons. The number of nitrogens with zero attached hydrogens (tertiary/aromatic N) is 1. The Bertz CT molecular complexity index is 498. The van der Waals surface area contributed by atoms with Gasteiger partial charge in [-0.05, 0) is 13.8 Å².